The van der Waals surface area contributed by atoms with Crippen LogP contribution in [0.25, 0.3) is 27.6 Å². The van der Waals surface area contributed by atoms with Crippen molar-refractivity contribution >= 4 is 45.3 Å². The van der Waals surface area contributed by atoms with E-state index in [9.17, 15) is 14.0 Å². The van der Waals surface area contributed by atoms with Crippen LogP contribution in [-0.2, 0) is 4.79 Å². The van der Waals surface area contributed by atoms with E-state index in [-0.39, 0.29) is 28.0 Å². The van der Waals surface area contributed by atoms with Gasteiger partial charge in [0, 0.05) is 16.6 Å². The number of carbonyl (C=O) groups is 1. The number of aromatic amines is 1. The number of aromatic nitrogens is 3. The predicted molar refractivity (Wildman–Crippen MR) is 134 cm³/mol. The molecule has 2 aromatic heterocycles. The number of nitrogens with one attached hydrogen (secondary N) is 2. The standard InChI is InChI=1S/C26H21FN4O2S/c1-15-11-16(2)13-17(12-15)28-22(32)14-34-26-30-23-18-7-3-5-9-20(18)29-24(23)25(33)31(26)21-10-6-4-8-19(21)27/h3-13,29H,14H2,1-2H3,(H,28,32). The highest BCUT2D eigenvalue weighted by Gasteiger charge is 2.19. The van der Waals surface area contributed by atoms with E-state index < -0.39 is 11.4 Å². The molecule has 0 bridgehead atoms. The van der Waals surface area contributed by atoms with Gasteiger partial charge in [0.25, 0.3) is 5.56 Å². The molecule has 6 nitrogen and oxygen atoms in total. The van der Waals surface area contributed by atoms with Gasteiger partial charge in [-0.15, -0.1) is 0 Å². The molecule has 0 saturated heterocycles. The van der Waals surface area contributed by atoms with Crippen molar-refractivity contribution < 1.29 is 9.18 Å². The molecule has 0 spiro atoms. The van der Waals surface area contributed by atoms with Crippen LogP contribution in [0.4, 0.5) is 10.1 Å². The molecule has 3 aromatic carbocycles. The molecule has 5 rings (SSSR count). The zero-order chi connectivity index (χ0) is 23.8. The minimum absolute atomic E-state index is 0.00173. The zero-order valence-corrected chi connectivity index (χ0v) is 19.4. The molecule has 8 heteroatoms. The highest BCUT2D eigenvalue weighted by atomic mass is 32.2. The summed E-state index contributed by atoms with van der Waals surface area (Å²) in [5.74, 6) is -0.798. The second kappa shape index (κ2) is 8.79. The molecule has 0 saturated carbocycles. The molecule has 0 atom stereocenters. The Morgan fingerprint density at radius 1 is 1.06 bits per heavy atom. The molecule has 0 aliphatic rings. The normalized spacial score (nSPS) is 11.3. The summed E-state index contributed by atoms with van der Waals surface area (Å²) in [5, 5.41) is 3.91. The van der Waals surface area contributed by atoms with Gasteiger partial charge in [0.2, 0.25) is 5.91 Å². The topological polar surface area (TPSA) is 79.8 Å². The molecule has 2 N–H and O–H groups in total. The number of nitrogens with zero attached hydrogens (tertiary/aromatic N) is 2. The van der Waals surface area contributed by atoms with Gasteiger partial charge >= 0.3 is 0 Å². The van der Waals surface area contributed by atoms with E-state index in [2.05, 4.69) is 10.3 Å². The molecule has 0 radical (unpaired) electrons. The molecule has 1 amide bonds. The Kier molecular flexibility index (Phi) is 5.67. The van der Waals surface area contributed by atoms with E-state index in [0.29, 0.717) is 11.2 Å². The maximum atomic E-state index is 14.7. The third-order valence-electron chi connectivity index (χ3n) is 5.43. The van der Waals surface area contributed by atoms with Crippen molar-refractivity contribution in [1.29, 1.82) is 0 Å². The number of benzene rings is 3. The van der Waals surface area contributed by atoms with Gasteiger partial charge in [-0.3, -0.25) is 14.2 Å². The Morgan fingerprint density at radius 2 is 1.76 bits per heavy atom. The van der Waals surface area contributed by atoms with E-state index >= 15 is 0 Å². The molecule has 0 aliphatic heterocycles. The summed E-state index contributed by atoms with van der Waals surface area (Å²) in [6, 6.07) is 19.3. The maximum Gasteiger partial charge on any atom is 0.283 e. The summed E-state index contributed by atoms with van der Waals surface area (Å²) < 4.78 is 15.9. The molecule has 0 unspecified atom stereocenters. The first kappa shape index (κ1) is 21.9. The first-order valence-electron chi connectivity index (χ1n) is 10.7. The van der Waals surface area contributed by atoms with Crippen LogP contribution in [-0.4, -0.2) is 26.2 Å². The molecule has 34 heavy (non-hydrogen) atoms. The number of halogens is 1. The van der Waals surface area contributed by atoms with Crippen LogP contribution < -0.4 is 10.9 Å². The average molecular weight is 473 g/mol. The summed E-state index contributed by atoms with van der Waals surface area (Å²) in [6.07, 6.45) is 0. The average Bonchev–Trinajstić information content (AvgIpc) is 3.17. The number of hydrogen-bond donors (Lipinski definition) is 2. The lowest BCUT2D eigenvalue weighted by Crippen LogP contribution is -2.23. The van der Waals surface area contributed by atoms with E-state index in [1.54, 1.807) is 12.1 Å². The van der Waals surface area contributed by atoms with E-state index in [0.717, 1.165) is 33.8 Å². The highest BCUT2D eigenvalue weighted by Crippen LogP contribution is 2.27. The van der Waals surface area contributed by atoms with Crippen molar-refractivity contribution in [3.8, 4) is 5.69 Å². The van der Waals surface area contributed by atoms with Gasteiger partial charge in [-0.2, -0.15) is 0 Å². The van der Waals surface area contributed by atoms with E-state index in [4.69, 9.17) is 4.98 Å². The fourth-order valence-corrected chi connectivity index (χ4v) is 4.86. The van der Waals surface area contributed by atoms with E-state index in [1.807, 2.05) is 56.3 Å². The molecular formula is C26H21FN4O2S. The number of fused-ring (bicyclic) bond motifs is 3. The number of aryl methyl sites for hydroxylation is 2. The van der Waals surface area contributed by atoms with Crippen LogP contribution in [0.15, 0.2) is 76.7 Å². The molecule has 2 heterocycles. The predicted octanol–water partition coefficient (Wildman–Crippen LogP) is 5.35. The zero-order valence-electron chi connectivity index (χ0n) is 18.6. The summed E-state index contributed by atoms with van der Waals surface area (Å²) in [5.41, 5.74) is 3.98. The summed E-state index contributed by atoms with van der Waals surface area (Å²) in [6.45, 7) is 3.93. The Hall–Kier alpha value is -3.91. The summed E-state index contributed by atoms with van der Waals surface area (Å²) in [7, 11) is 0. The monoisotopic (exact) mass is 472 g/mol. The first-order valence-corrected chi connectivity index (χ1v) is 11.7. The summed E-state index contributed by atoms with van der Waals surface area (Å²) in [4.78, 5) is 34.0. The van der Waals surface area contributed by atoms with Crippen molar-refractivity contribution in [3.63, 3.8) is 0 Å². The molecule has 0 fully saturated rings. The fraction of sp³-hybridized carbons (Fsp3) is 0.115. The number of para-hydroxylation sites is 2. The van der Waals surface area contributed by atoms with Crippen LogP contribution in [0.2, 0.25) is 0 Å². The van der Waals surface area contributed by atoms with Crippen molar-refractivity contribution in [2.75, 3.05) is 11.1 Å². The number of hydrogen-bond acceptors (Lipinski definition) is 4. The third-order valence-corrected chi connectivity index (χ3v) is 6.36. The second-order valence-corrected chi connectivity index (χ2v) is 9.04. The van der Waals surface area contributed by atoms with Gasteiger partial charge in [-0.1, -0.05) is 48.2 Å². The summed E-state index contributed by atoms with van der Waals surface area (Å²) >= 11 is 1.09. The first-order chi connectivity index (χ1) is 16.4. The third kappa shape index (κ3) is 4.08. The number of amides is 1. The van der Waals surface area contributed by atoms with Gasteiger partial charge < -0.3 is 10.3 Å². The Labute approximate surface area is 198 Å². The van der Waals surface area contributed by atoms with Gasteiger partial charge in [-0.05, 0) is 55.3 Å². The number of carbonyl (C=O) groups excluding carboxylic acids is 1. The molecule has 5 aromatic rings. The van der Waals surface area contributed by atoms with Crippen molar-refractivity contribution in [2.24, 2.45) is 0 Å². The number of H-pyrrole nitrogens is 1. The van der Waals surface area contributed by atoms with Crippen LogP contribution in [0.1, 0.15) is 11.1 Å². The van der Waals surface area contributed by atoms with Crippen LogP contribution in [0, 0.1) is 19.7 Å². The number of anilines is 1. The highest BCUT2D eigenvalue weighted by molar-refractivity contribution is 7.99. The largest absolute Gasteiger partial charge is 0.349 e. The van der Waals surface area contributed by atoms with Crippen molar-refractivity contribution in [3.05, 3.63) is 94.0 Å². The quantitative estimate of drug-likeness (QED) is 0.267. The fourth-order valence-electron chi connectivity index (χ4n) is 4.06. The second-order valence-electron chi connectivity index (χ2n) is 8.09. The smallest absolute Gasteiger partial charge is 0.283 e. The van der Waals surface area contributed by atoms with Crippen molar-refractivity contribution in [2.45, 2.75) is 19.0 Å². The molecule has 170 valence electrons. The minimum Gasteiger partial charge on any atom is -0.349 e. The number of rotatable bonds is 5. The maximum absolute atomic E-state index is 14.7. The number of thioether (sulfide) groups is 1. The Morgan fingerprint density at radius 3 is 2.53 bits per heavy atom. The van der Waals surface area contributed by atoms with Gasteiger partial charge in [0.05, 0.1) is 11.4 Å². The Balaban J connectivity index is 1.56. The van der Waals surface area contributed by atoms with Crippen LogP contribution >= 0.6 is 11.8 Å². The Bertz CT molecular complexity index is 1600. The van der Waals surface area contributed by atoms with Crippen LogP contribution in [0.3, 0.4) is 0 Å². The van der Waals surface area contributed by atoms with Crippen molar-refractivity contribution in [1.82, 2.24) is 14.5 Å². The van der Waals surface area contributed by atoms with Gasteiger partial charge in [0.15, 0.2) is 5.16 Å². The lowest BCUT2D eigenvalue weighted by atomic mass is 10.1. The van der Waals surface area contributed by atoms with Gasteiger partial charge in [0.1, 0.15) is 16.9 Å². The van der Waals surface area contributed by atoms with Gasteiger partial charge in [-0.25, -0.2) is 9.37 Å². The van der Waals surface area contributed by atoms with E-state index in [1.165, 1.54) is 16.7 Å². The minimum atomic E-state index is -0.552. The molecule has 0 aliphatic carbocycles. The SMILES string of the molecule is Cc1cc(C)cc(NC(=O)CSc2nc3c([nH]c4ccccc43)c(=O)n2-c2ccccc2F)c1. The van der Waals surface area contributed by atoms with Crippen LogP contribution in [0.5, 0.6) is 0 Å². The lowest BCUT2D eigenvalue weighted by Gasteiger charge is -2.13. The molecular weight excluding hydrogens is 451 g/mol. The lowest BCUT2D eigenvalue weighted by molar-refractivity contribution is -0.113.